The zero-order valence-corrected chi connectivity index (χ0v) is 11.5. The van der Waals surface area contributed by atoms with Crippen LogP contribution in [0.2, 0.25) is 0 Å². The van der Waals surface area contributed by atoms with Gasteiger partial charge in [-0.05, 0) is 30.6 Å². The zero-order chi connectivity index (χ0) is 12.8. The molecular formula is C14H28O2. The Balaban J connectivity index is 3.69. The van der Waals surface area contributed by atoms with E-state index in [-0.39, 0.29) is 5.92 Å². The molecule has 0 aliphatic heterocycles. The van der Waals surface area contributed by atoms with Gasteiger partial charge in [0.1, 0.15) is 0 Å². The molecule has 1 unspecified atom stereocenters. The Morgan fingerprint density at radius 3 is 2.19 bits per heavy atom. The first kappa shape index (κ1) is 15.5. The van der Waals surface area contributed by atoms with E-state index in [0.29, 0.717) is 5.41 Å². The third kappa shape index (κ3) is 7.72. The van der Waals surface area contributed by atoms with E-state index in [9.17, 15) is 4.79 Å². The van der Waals surface area contributed by atoms with Crippen LogP contribution in [0.15, 0.2) is 0 Å². The van der Waals surface area contributed by atoms with Crippen molar-refractivity contribution in [3.8, 4) is 0 Å². The first-order valence-corrected chi connectivity index (χ1v) is 6.47. The van der Waals surface area contributed by atoms with Gasteiger partial charge < -0.3 is 5.11 Å². The van der Waals surface area contributed by atoms with Crippen LogP contribution in [0.25, 0.3) is 0 Å². The predicted octanol–water partition coefficient (Wildman–Crippen LogP) is 4.34. The molecule has 1 N–H and O–H groups in total. The minimum absolute atomic E-state index is 0.187. The highest BCUT2D eigenvalue weighted by Gasteiger charge is 2.19. The van der Waals surface area contributed by atoms with Crippen molar-refractivity contribution in [1.29, 1.82) is 0 Å². The van der Waals surface area contributed by atoms with Crippen molar-refractivity contribution in [2.45, 2.75) is 66.7 Å². The molecule has 0 fully saturated rings. The predicted molar refractivity (Wildman–Crippen MR) is 68.5 cm³/mol. The van der Waals surface area contributed by atoms with Gasteiger partial charge in [-0.3, -0.25) is 4.79 Å². The van der Waals surface area contributed by atoms with Crippen LogP contribution in [-0.2, 0) is 4.79 Å². The van der Waals surface area contributed by atoms with E-state index in [1.54, 1.807) is 6.92 Å². The number of aliphatic carboxylic acids is 1. The van der Waals surface area contributed by atoms with Gasteiger partial charge >= 0.3 is 5.97 Å². The normalized spacial score (nSPS) is 14.1. The molecule has 0 aromatic rings. The highest BCUT2D eigenvalue weighted by atomic mass is 16.4. The molecule has 0 aliphatic carbocycles. The molecule has 0 saturated carbocycles. The van der Waals surface area contributed by atoms with E-state index in [0.717, 1.165) is 25.2 Å². The minimum atomic E-state index is -0.665. The Kier molecular flexibility index (Phi) is 6.70. The molecule has 0 aromatic heterocycles. The fraction of sp³-hybridized carbons (Fsp3) is 0.929. The number of carboxylic acids is 1. The maximum absolute atomic E-state index is 10.6. The van der Waals surface area contributed by atoms with Crippen molar-refractivity contribution in [3.63, 3.8) is 0 Å². The highest BCUT2D eigenvalue weighted by molar-refractivity contribution is 5.69. The van der Waals surface area contributed by atoms with Gasteiger partial charge in [0.25, 0.3) is 0 Å². The summed E-state index contributed by atoms with van der Waals surface area (Å²) in [7, 11) is 0. The summed E-state index contributed by atoms with van der Waals surface area (Å²) in [6.07, 6.45) is 5.46. The summed E-state index contributed by atoms with van der Waals surface area (Å²) in [5.41, 5.74) is 0.403. The van der Waals surface area contributed by atoms with Gasteiger partial charge in [-0.2, -0.15) is 0 Å². The molecule has 0 aromatic carbocycles. The summed E-state index contributed by atoms with van der Waals surface area (Å²) in [6.45, 7) is 10.9. The molecule has 0 saturated heterocycles. The quantitative estimate of drug-likeness (QED) is 0.627. The number of unbranched alkanes of at least 4 members (excludes halogenated alkanes) is 1. The molecule has 0 heterocycles. The lowest BCUT2D eigenvalue weighted by molar-refractivity contribution is -0.141. The smallest absolute Gasteiger partial charge is 0.306 e. The maximum Gasteiger partial charge on any atom is 0.306 e. The number of rotatable bonds is 8. The lowest BCUT2D eigenvalue weighted by atomic mass is 9.79. The molecule has 0 amide bonds. The molecule has 1 atom stereocenters. The molecule has 0 radical (unpaired) electrons. The largest absolute Gasteiger partial charge is 0.481 e. The fourth-order valence-electron chi connectivity index (χ4n) is 2.38. The number of hydrogen-bond acceptors (Lipinski definition) is 1. The number of hydrogen-bond donors (Lipinski definition) is 1. The summed E-state index contributed by atoms with van der Waals surface area (Å²) >= 11 is 0. The van der Waals surface area contributed by atoms with E-state index in [2.05, 4.69) is 27.7 Å². The molecule has 2 heteroatoms. The third-order valence-electron chi connectivity index (χ3n) is 3.12. The van der Waals surface area contributed by atoms with E-state index >= 15 is 0 Å². The third-order valence-corrected chi connectivity index (χ3v) is 3.12. The molecule has 0 aliphatic rings. The van der Waals surface area contributed by atoms with Crippen molar-refractivity contribution in [3.05, 3.63) is 0 Å². The first-order valence-electron chi connectivity index (χ1n) is 6.47. The lowest BCUT2D eigenvalue weighted by Crippen LogP contribution is -2.15. The van der Waals surface area contributed by atoms with E-state index in [4.69, 9.17) is 5.11 Å². The van der Waals surface area contributed by atoms with Gasteiger partial charge in [0.15, 0.2) is 0 Å². The molecule has 2 nitrogen and oxygen atoms in total. The van der Waals surface area contributed by atoms with Crippen LogP contribution in [-0.4, -0.2) is 11.1 Å². The van der Waals surface area contributed by atoms with E-state index in [1.165, 1.54) is 12.8 Å². The lowest BCUT2D eigenvalue weighted by Gasteiger charge is -2.26. The number of carboxylic acid groups (broad SMARTS) is 1. The molecule has 0 rings (SSSR count). The Labute approximate surface area is 100 Å². The van der Waals surface area contributed by atoms with Crippen molar-refractivity contribution < 1.29 is 9.90 Å². The summed E-state index contributed by atoms with van der Waals surface area (Å²) < 4.78 is 0. The second kappa shape index (κ2) is 6.93. The van der Waals surface area contributed by atoms with Crippen LogP contribution in [0, 0.1) is 17.3 Å². The summed E-state index contributed by atoms with van der Waals surface area (Å²) in [5.74, 6) is -0.109. The van der Waals surface area contributed by atoms with Gasteiger partial charge in [-0.1, -0.05) is 47.5 Å². The molecule has 16 heavy (non-hydrogen) atoms. The molecule has 0 bridgehead atoms. The van der Waals surface area contributed by atoms with Gasteiger partial charge in [0.05, 0.1) is 5.92 Å². The Morgan fingerprint density at radius 2 is 1.75 bits per heavy atom. The second-order valence-corrected chi connectivity index (χ2v) is 6.25. The van der Waals surface area contributed by atoms with Crippen LogP contribution in [0.1, 0.15) is 66.7 Å². The van der Waals surface area contributed by atoms with Crippen LogP contribution in [0.3, 0.4) is 0 Å². The van der Waals surface area contributed by atoms with Gasteiger partial charge in [0, 0.05) is 0 Å². The average molecular weight is 228 g/mol. The van der Waals surface area contributed by atoms with Gasteiger partial charge in [-0.15, -0.1) is 0 Å². The van der Waals surface area contributed by atoms with Crippen LogP contribution < -0.4 is 0 Å². The highest BCUT2D eigenvalue weighted by Crippen LogP contribution is 2.31. The Bertz CT molecular complexity index is 207. The van der Waals surface area contributed by atoms with E-state index in [1.807, 2.05) is 0 Å². The maximum atomic E-state index is 10.6. The van der Waals surface area contributed by atoms with Crippen LogP contribution in [0.5, 0.6) is 0 Å². The fourth-order valence-corrected chi connectivity index (χ4v) is 2.38. The Morgan fingerprint density at radius 1 is 1.19 bits per heavy atom. The summed E-state index contributed by atoms with van der Waals surface area (Å²) in [4.78, 5) is 10.6. The first-order chi connectivity index (χ1) is 7.24. The minimum Gasteiger partial charge on any atom is -0.481 e. The summed E-state index contributed by atoms with van der Waals surface area (Å²) in [6, 6.07) is 0. The van der Waals surface area contributed by atoms with Gasteiger partial charge in [0.2, 0.25) is 0 Å². The molecule has 0 spiro atoms. The number of carbonyl (C=O) groups is 1. The Hall–Kier alpha value is -0.530. The van der Waals surface area contributed by atoms with Crippen molar-refractivity contribution in [2.75, 3.05) is 0 Å². The van der Waals surface area contributed by atoms with Crippen molar-refractivity contribution >= 4 is 5.97 Å². The standard InChI is InChI=1S/C14H28O2/c1-11(2)10-14(4,5)9-7-6-8-12(3)13(15)16/h11-12H,6-10H2,1-5H3,(H,15,16). The van der Waals surface area contributed by atoms with Crippen molar-refractivity contribution in [2.24, 2.45) is 17.3 Å². The molecular weight excluding hydrogens is 200 g/mol. The van der Waals surface area contributed by atoms with E-state index < -0.39 is 5.97 Å². The van der Waals surface area contributed by atoms with Crippen LogP contribution >= 0.6 is 0 Å². The zero-order valence-electron chi connectivity index (χ0n) is 11.5. The van der Waals surface area contributed by atoms with Gasteiger partial charge in [-0.25, -0.2) is 0 Å². The molecule has 96 valence electrons. The van der Waals surface area contributed by atoms with Crippen LogP contribution in [0.4, 0.5) is 0 Å². The summed E-state index contributed by atoms with van der Waals surface area (Å²) in [5, 5.41) is 8.76. The average Bonchev–Trinajstić information content (AvgIpc) is 2.09. The monoisotopic (exact) mass is 228 g/mol. The topological polar surface area (TPSA) is 37.3 Å². The SMILES string of the molecule is CC(C)CC(C)(C)CCCCC(C)C(=O)O. The second-order valence-electron chi connectivity index (χ2n) is 6.25. The van der Waals surface area contributed by atoms with Crippen molar-refractivity contribution in [1.82, 2.24) is 0 Å².